The molecule has 0 spiro atoms. The lowest BCUT2D eigenvalue weighted by atomic mass is 9.93. The first-order valence-electron chi connectivity index (χ1n) is 8.22. The van der Waals surface area contributed by atoms with Crippen molar-refractivity contribution in [2.45, 2.75) is 25.5 Å². The highest BCUT2D eigenvalue weighted by Crippen LogP contribution is 2.24. The number of pyridine rings is 1. The van der Waals surface area contributed by atoms with Crippen LogP contribution in [0, 0.1) is 12.7 Å². The zero-order valence-electron chi connectivity index (χ0n) is 13.9. The van der Waals surface area contributed by atoms with Gasteiger partial charge in [0.25, 0.3) is 0 Å². The zero-order chi connectivity index (χ0) is 17.0. The molecule has 1 aliphatic heterocycles. The number of morpholine rings is 1. The van der Waals surface area contributed by atoms with Gasteiger partial charge in [0.15, 0.2) is 0 Å². The molecule has 0 radical (unpaired) electrons. The number of nitrogens with zero attached hydrogens (tertiary/aromatic N) is 2. The standard InChI is InChI=1S/C19H23FN2O2/c1-15-3-2-8-21-18(15)12-22-9-10-24-19(13-22,14-23)11-16-4-6-17(20)7-5-16/h2-8,23H,9-14H2,1H3. The first-order valence-corrected chi connectivity index (χ1v) is 8.22. The largest absolute Gasteiger partial charge is 0.393 e. The minimum Gasteiger partial charge on any atom is -0.393 e. The zero-order valence-corrected chi connectivity index (χ0v) is 13.9. The first kappa shape index (κ1) is 17.0. The van der Waals surface area contributed by atoms with E-state index < -0.39 is 5.60 Å². The predicted molar refractivity (Wildman–Crippen MR) is 90.1 cm³/mol. The van der Waals surface area contributed by atoms with Crippen LogP contribution in [0.2, 0.25) is 0 Å². The lowest BCUT2D eigenvalue weighted by molar-refractivity contribution is -0.134. The van der Waals surface area contributed by atoms with E-state index in [1.807, 2.05) is 6.07 Å². The molecule has 1 atom stereocenters. The summed E-state index contributed by atoms with van der Waals surface area (Å²) in [4.78, 5) is 6.72. The van der Waals surface area contributed by atoms with Crippen LogP contribution in [0.5, 0.6) is 0 Å². The molecule has 0 bridgehead atoms. The number of aliphatic hydroxyl groups is 1. The molecule has 1 aliphatic rings. The molecule has 1 unspecified atom stereocenters. The summed E-state index contributed by atoms with van der Waals surface area (Å²) < 4.78 is 19.0. The average molecular weight is 330 g/mol. The molecular weight excluding hydrogens is 307 g/mol. The molecule has 24 heavy (non-hydrogen) atoms. The van der Waals surface area contributed by atoms with Crippen LogP contribution in [0.25, 0.3) is 0 Å². The lowest BCUT2D eigenvalue weighted by Gasteiger charge is -2.42. The Morgan fingerprint density at radius 3 is 2.79 bits per heavy atom. The quantitative estimate of drug-likeness (QED) is 0.914. The van der Waals surface area contributed by atoms with Crippen molar-refractivity contribution in [3.8, 4) is 0 Å². The number of ether oxygens (including phenoxy) is 1. The lowest BCUT2D eigenvalue weighted by Crippen LogP contribution is -2.55. The maximum Gasteiger partial charge on any atom is 0.123 e. The summed E-state index contributed by atoms with van der Waals surface area (Å²) in [5.41, 5.74) is 2.52. The highest BCUT2D eigenvalue weighted by molar-refractivity contribution is 5.20. The number of aryl methyl sites for hydroxylation is 1. The predicted octanol–water partition coefficient (Wildman–Crippen LogP) is 2.34. The fraction of sp³-hybridized carbons (Fsp3) is 0.421. The molecule has 0 aliphatic carbocycles. The molecule has 5 heteroatoms. The summed E-state index contributed by atoms with van der Waals surface area (Å²) in [5.74, 6) is -0.256. The van der Waals surface area contributed by atoms with E-state index >= 15 is 0 Å². The van der Waals surface area contributed by atoms with E-state index in [0.717, 1.165) is 29.9 Å². The summed E-state index contributed by atoms with van der Waals surface area (Å²) in [6.07, 6.45) is 2.36. The summed E-state index contributed by atoms with van der Waals surface area (Å²) in [6.45, 7) is 4.72. The van der Waals surface area contributed by atoms with Crippen molar-refractivity contribution in [1.82, 2.24) is 9.88 Å². The Balaban J connectivity index is 1.72. The van der Waals surface area contributed by atoms with Gasteiger partial charge in [0, 0.05) is 32.3 Å². The Hall–Kier alpha value is -1.82. The van der Waals surface area contributed by atoms with Crippen molar-refractivity contribution in [3.63, 3.8) is 0 Å². The van der Waals surface area contributed by atoms with Crippen LogP contribution in [-0.4, -0.2) is 46.9 Å². The van der Waals surface area contributed by atoms with E-state index in [2.05, 4.69) is 22.9 Å². The summed E-state index contributed by atoms with van der Waals surface area (Å²) in [7, 11) is 0. The van der Waals surface area contributed by atoms with Crippen LogP contribution in [0.15, 0.2) is 42.6 Å². The number of aromatic nitrogens is 1. The van der Waals surface area contributed by atoms with Gasteiger partial charge in [0.1, 0.15) is 11.4 Å². The van der Waals surface area contributed by atoms with Crippen LogP contribution < -0.4 is 0 Å². The van der Waals surface area contributed by atoms with Gasteiger partial charge < -0.3 is 9.84 Å². The average Bonchev–Trinajstić information content (AvgIpc) is 2.59. The van der Waals surface area contributed by atoms with Crippen molar-refractivity contribution >= 4 is 0 Å². The van der Waals surface area contributed by atoms with Crippen LogP contribution in [0.1, 0.15) is 16.8 Å². The Labute approximate surface area is 141 Å². The van der Waals surface area contributed by atoms with Crippen molar-refractivity contribution in [2.75, 3.05) is 26.3 Å². The number of hydrogen-bond donors (Lipinski definition) is 1. The number of rotatable bonds is 5. The summed E-state index contributed by atoms with van der Waals surface area (Å²) >= 11 is 0. The van der Waals surface area contributed by atoms with Gasteiger partial charge >= 0.3 is 0 Å². The topological polar surface area (TPSA) is 45.6 Å². The molecule has 2 aromatic rings. The second kappa shape index (κ2) is 7.38. The van der Waals surface area contributed by atoms with E-state index in [0.29, 0.717) is 19.6 Å². The Kier molecular flexibility index (Phi) is 5.23. The Bertz CT molecular complexity index is 677. The molecular formula is C19H23FN2O2. The van der Waals surface area contributed by atoms with Crippen LogP contribution in [0.4, 0.5) is 4.39 Å². The maximum atomic E-state index is 13.1. The highest BCUT2D eigenvalue weighted by atomic mass is 19.1. The van der Waals surface area contributed by atoms with Gasteiger partial charge in [-0.1, -0.05) is 18.2 Å². The number of halogens is 1. The van der Waals surface area contributed by atoms with Gasteiger partial charge in [-0.25, -0.2) is 4.39 Å². The molecule has 1 fully saturated rings. The minimum absolute atomic E-state index is 0.0674. The van der Waals surface area contributed by atoms with E-state index in [9.17, 15) is 9.50 Å². The Morgan fingerprint density at radius 2 is 2.08 bits per heavy atom. The highest BCUT2D eigenvalue weighted by Gasteiger charge is 2.36. The van der Waals surface area contributed by atoms with E-state index in [-0.39, 0.29) is 12.4 Å². The molecule has 128 valence electrons. The van der Waals surface area contributed by atoms with Gasteiger partial charge in [-0.15, -0.1) is 0 Å². The molecule has 1 saturated heterocycles. The third-order valence-corrected chi connectivity index (χ3v) is 4.55. The molecule has 2 heterocycles. The van der Waals surface area contributed by atoms with Gasteiger partial charge in [-0.3, -0.25) is 9.88 Å². The monoisotopic (exact) mass is 330 g/mol. The van der Waals surface area contributed by atoms with E-state index in [4.69, 9.17) is 4.74 Å². The molecule has 4 nitrogen and oxygen atoms in total. The SMILES string of the molecule is Cc1cccnc1CN1CCOC(CO)(Cc2ccc(F)cc2)C1. The second-order valence-corrected chi connectivity index (χ2v) is 6.47. The summed E-state index contributed by atoms with van der Waals surface area (Å²) in [6, 6.07) is 10.4. The molecule has 0 saturated carbocycles. The fourth-order valence-corrected chi connectivity index (χ4v) is 3.19. The maximum absolute atomic E-state index is 13.1. The van der Waals surface area contributed by atoms with Gasteiger partial charge in [-0.2, -0.15) is 0 Å². The number of aliphatic hydroxyl groups excluding tert-OH is 1. The minimum atomic E-state index is -0.654. The van der Waals surface area contributed by atoms with Crippen molar-refractivity contribution in [2.24, 2.45) is 0 Å². The molecule has 1 aromatic heterocycles. The number of benzene rings is 1. The third-order valence-electron chi connectivity index (χ3n) is 4.55. The Morgan fingerprint density at radius 1 is 1.29 bits per heavy atom. The molecule has 3 rings (SSSR count). The number of hydrogen-bond acceptors (Lipinski definition) is 4. The first-order chi connectivity index (χ1) is 11.6. The van der Waals surface area contributed by atoms with Crippen LogP contribution in [0.3, 0.4) is 0 Å². The molecule has 1 N–H and O–H groups in total. The van der Waals surface area contributed by atoms with Crippen LogP contribution >= 0.6 is 0 Å². The third kappa shape index (κ3) is 3.98. The normalized spacial score (nSPS) is 21.8. The van der Waals surface area contributed by atoms with Crippen molar-refractivity contribution < 1.29 is 14.2 Å². The van der Waals surface area contributed by atoms with E-state index in [1.165, 1.54) is 12.1 Å². The van der Waals surface area contributed by atoms with Gasteiger partial charge in [0.05, 0.1) is 18.9 Å². The smallest absolute Gasteiger partial charge is 0.123 e. The van der Waals surface area contributed by atoms with E-state index in [1.54, 1.807) is 18.3 Å². The van der Waals surface area contributed by atoms with Crippen LogP contribution in [-0.2, 0) is 17.7 Å². The molecule has 0 amide bonds. The second-order valence-electron chi connectivity index (χ2n) is 6.47. The van der Waals surface area contributed by atoms with Gasteiger partial charge in [-0.05, 0) is 36.2 Å². The molecule has 1 aromatic carbocycles. The van der Waals surface area contributed by atoms with Crippen molar-refractivity contribution in [3.05, 3.63) is 65.2 Å². The fourth-order valence-electron chi connectivity index (χ4n) is 3.19. The van der Waals surface area contributed by atoms with Crippen molar-refractivity contribution in [1.29, 1.82) is 0 Å². The van der Waals surface area contributed by atoms with Gasteiger partial charge in [0.2, 0.25) is 0 Å². The summed E-state index contributed by atoms with van der Waals surface area (Å²) in [5, 5.41) is 9.95.